The minimum atomic E-state index is -4.66. The number of hydrogen-bond donors (Lipinski definition) is 0. The molecule has 0 aromatic carbocycles. The van der Waals surface area contributed by atoms with Gasteiger partial charge in [0.25, 0.3) is 7.82 Å². The van der Waals surface area contributed by atoms with Crippen LogP contribution in [-0.2, 0) is 32.7 Å². The Morgan fingerprint density at radius 1 is 0.372 bits per heavy atom. The maximum Gasteiger partial charge on any atom is 0.306 e. The molecule has 0 saturated heterocycles. The number of esters is 2. The van der Waals surface area contributed by atoms with Gasteiger partial charge in [0.1, 0.15) is 19.8 Å². The van der Waals surface area contributed by atoms with Crippen LogP contribution >= 0.6 is 7.82 Å². The monoisotopic (exact) mass is 1220 g/mol. The summed E-state index contributed by atoms with van der Waals surface area (Å²) < 4.78 is 34.3. The van der Waals surface area contributed by atoms with E-state index in [1.807, 2.05) is 21.1 Å². The van der Waals surface area contributed by atoms with E-state index in [-0.39, 0.29) is 26.1 Å². The molecule has 86 heavy (non-hydrogen) atoms. The van der Waals surface area contributed by atoms with E-state index >= 15 is 0 Å². The maximum absolute atomic E-state index is 12.8. The molecule has 0 N–H and O–H groups in total. The number of phosphoric acid groups is 1. The quantitative estimate of drug-likeness (QED) is 0.0195. The number of allylic oxidation sites excluding steroid dienone is 22. The van der Waals surface area contributed by atoms with E-state index in [4.69, 9.17) is 18.5 Å². The minimum absolute atomic E-state index is 0.0438. The first-order chi connectivity index (χ1) is 42.0. The molecule has 492 valence electrons. The molecule has 0 heterocycles. The first-order valence-electron chi connectivity index (χ1n) is 34.9. The van der Waals surface area contributed by atoms with E-state index in [1.165, 1.54) is 148 Å². The Balaban J connectivity index is 4.15. The molecule has 0 aromatic rings. The van der Waals surface area contributed by atoms with Gasteiger partial charge in [-0.1, -0.05) is 289 Å². The molecular weight excluding hydrogens is 1090 g/mol. The third-order valence-electron chi connectivity index (χ3n) is 14.7. The van der Waals surface area contributed by atoms with Crippen LogP contribution in [0.5, 0.6) is 0 Å². The summed E-state index contributed by atoms with van der Waals surface area (Å²) >= 11 is 0. The molecule has 0 aromatic heterocycles. The topological polar surface area (TPSA) is 111 Å². The summed E-state index contributed by atoms with van der Waals surface area (Å²) in [7, 11) is 1.13. The van der Waals surface area contributed by atoms with Gasteiger partial charge >= 0.3 is 11.9 Å². The van der Waals surface area contributed by atoms with Crippen LogP contribution in [0, 0.1) is 0 Å². The third-order valence-corrected chi connectivity index (χ3v) is 15.6. The molecule has 0 aliphatic heterocycles. The number of nitrogens with zero attached hydrogens (tertiary/aromatic N) is 1. The lowest BCUT2D eigenvalue weighted by molar-refractivity contribution is -0.870. The number of ether oxygens (including phenoxy) is 2. The van der Waals surface area contributed by atoms with Crippen LogP contribution in [0.4, 0.5) is 0 Å². The molecule has 0 amide bonds. The van der Waals surface area contributed by atoms with Crippen LogP contribution < -0.4 is 4.89 Å². The van der Waals surface area contributed by atoms with Crippen LogP contribution in [0.15, 0.2) is 134 Å². The van der Waals surface area contributed by atoms with E-state index in [2.05, 4.69) is 148 Å². The number of hydrogen-bond acceptors (Lipinski definition) is 8. The molecule has 0 radical (unpaired) electrons. The van der Waals surface area contributed by atoms with E-state index < -0.39 is 32.5 Å². The summed E-state index contributed by atoms with van der Waals surface area (Å²) in [5.41, 5.74) is 0. The largest absolute Gasteiger partial charge is 0.756 e. The van der Waals surface area contributed by atoms with Crippen LogP contribution in [0.1, 0.15) is 284 Å². The Morgan fingerprint density at radius 3 is 1.00 bits per heavy atom. The van der Waals surface area contributed by atoms with Crippen molar-refractivity contribution in [2.75, 3.05) is 47.5 Å². The molecule has 0 bridgehead atoms. The second kappa shape index (κ2) is 65.6. The molecule has 2 unspecified atom stereocenters. The van der Waals surface area contributed by atoms with Crippen LogP contribution in [0.3, 0.4) is 0 Å². The lowest BCUT2D eigenvalue weighted by Crippen LogP contribution is -2.37. The Hall–Kier alpha value is -3.85. The first-order valence-corrected chi connectivity index (χ1v) is 36.4. The summed E-state index contributed by atoms with van der Waals surface area (Å²) in [6.07, 6.45) is 95.3. The molecule has 0 aliphatic rings. The highest BCUT2D eigenvalue weighted by atomic mass is 31.2. The molecular formula is C76H130NO8P. The first kappa shape index (κ1) is 82.1. The lowest BCUT2D eigenvalue weighted by atomic mass is 10.0. The maximum atomic E-state index is 12.8. The van der Waals surface area contributed by atoms with Crippen molar-refractivity contribution < 1.29 is 42.1 Å². The molecule has 0 saturated carbocycles. The smallest absolute Gasteiger partial charge is 0.306 e. The predicted octanol–water partition coefficient (Wildman–Crippen LogP) is 22.2. The van der Waals surface area contributed by atoms with E-state index in [0.717, 1.165) is 103 Å². The van der Waals surface area contributed by atoms with Crippen molar-refractivity contribution in [3.05, 3.63) is 134 Å². The van der Waals surface area contributed by atoms with Crippen LogP contribution in [0.2, 0.25) is 0 Å². The Labute approximate surface area is 530 Å². The van der Waals surface area contributed by atoms with Gasteiger partial charge in [0.2, 0.25) is 0 Å². The summed E-state index contributed by atoms with van der Waals surface area (Å²) in [6.45, 7) is 4.09. The van der Waals surface area contributed by atoms with Crippen LogP contribution in [-0.4, -0.2) is 70.0 Å². The third kappa shape index (κ3) is 69.3. The van der Waals surface area contributed by atoms with E-state index in [1.54, 1.807) is 0 Å². The minimum Gasteiger partial charge on any atom is -0.756 e. The number of unbranched alkanes of at least 4 members (excludes halogenated alkanes) is 27. The van der Waals surface area contributed by atoms with Crippen molar-refractivity contribution in [3.8, 4) is 0 Å². The lowest BCUT2D eigenvalue weighted by Gasteiger charge is -2.28. The van der Waals surface area contributed by atoms with Gasteiger partial charge in [-0.15, -0.1) is 0 Å². The molecule has 0 aliphatic carbocycles. The number of phosphoric ester groups is 1. The van der Waals surface area contributed by atoms with E-state index in [0.29, 0.717) is 17.4 Å². The van der Waals surface area contributed by atoms with Gasteiger partial charge in [-0.2, -0.15) is 0 Å². The fourth-order valence-electron chi connectivity index (χ4n) is 9.33. The summed E-state index contributed by atoms with van der Waals surface area (Å²) in [4.78, 5) is 38.0. The number of quaternary nitrogens is 1. The molecule has 10 heteroatoms. The molecule has 0 spiro atoms. The normalized spacial score (nSPS) is 14.0. The highest BCUT2D eigenvalue weighted by Gasteiger charge is 2.22. The predicted molar refractivity (Wildman–Crippen MR) is 369 cm³/mol. The summed E-state index contributed by atoms with van der Waals surface area (Å²) in [5, 5.41) is 0. The number of carbonyl (C=O) groups excluding carboxylic acids is 2. The average molecular weight is 1220 g/mol. The van der Waals surface area contributed by atoms with Gasteiger partial charge in [0.05, 0.1) is 27.7 Å². The van der Waals surface area contributed by atoms with Crippen molar-refractivity contribution in [1.29, 1.82) is 0 Å². The fourth-order valence-corrected chi connectivity index (χ4v) is 10.1. The highest BCUT2D eigenvalue weighted by molar-refractivity contribution is 7.45. The number of carbonyl (C=O) groups is 2. The van der Waals surface area contributed by atoms with Gasteiger partial charge < -0.3 is 27.9 Å². The molecule has 0 fully saturated rings. The van der Waals surface area contributed by atoms with Crippen molar-refractivity contribution in [2.45, 2.75) is 290 Å². The van der Waals surface area contributed by atoms with Gasteiger partial charge in [0, 0.05) is 12.8 Å². The van der Waals surface area contributed by atoms with Crippen LogP contribution in [0.25, 0.3) is 0 Å². The van der Waals surface area contributed by atoms with Gasteiger partial charge in [-0.3, -0.25) is 14.2 Å². The van der Waals surface area contributed by atoms with Gasteiger partial charge in [-0.25, -0.2) is 0 Å². The van der Waals surface area contributed by atoms with Crippen molar-refractivity contribution >= 4 is 19.8 Å². The SMILES string of the molecule is CC/C=C\C/C=C\C/C=C\C/C=C\C/C=C\C/C=C\C/C=C\C/C=C\C/C=C\CCCCCC(=O)OC(COC(=O)CCCCCCCCCCCCCCCCCCCCC/C=C\C/C=C\CCCCCCC)COP(=O)([O-])OCC[N+](C)(C)C. The average Bonchev–Trinajstić information content (AvgIpc) is 3.56. The highest BCUT2D eigenvalue weighted by Crippen LogP contribution is 2.38. The molecule has 9 nitrogen and oxygen atoms in total. The summed E-state index contributed by atoms with van der Waals surface area (Å²) in [6, 6.07) is 0. The number of rotatable bonds is 63. The fraction of sp³-hybridized carbons (Fsp3) is 0.684. The van der Waals surface area contributed by atoms with Crippen molar-refractivity contribution in [1.82, 2.24) is 0 Å². The molecule has 2 atom stereocenters. The van der Waals surface area contributed by atoms with Crippen molar-refractivity contribution in [2.24, 2.45) is 0 Å². The zero-order chi connectivity index (χ0) is 62.6. The van der Waals surface area contributed by atoms with Gasteiger partial charge in [-0.05, 0) is 116 Å². The zero-order valence-electron chi connectivity index (χ0n) is 56.0. The molecule has 0 rings (SSSR count). The summed E-state index contributed by atoms with van der Waals surface area (Å²) in [5.74, 6) is -0.873. The second-order valence-corrected chi connectivity index (χ2v) is 25.6. The second-order valence-electron chi connectivity index (χ2n) is 24.2. The van der Waals surface area contributed by atoms with Crippen molar-refractivity contribution in [3.63, 3.8) is 0 Å². The Kier molecular flexibility index (Phi) is 62.7. The number of likely N-dealkylation sites (N-methyl/N-ethyl adjacent to an activating group) is 1. The Bertz CT molecular complexity index is 1910. The van der Waals surface area contributed by atoms with E-state index in [9.17, 15) is 19.0 Å². The standard InChI is InChI=1S/C76H130NO8P/c1-6-8-10-12-14-16-18-20-22-24-26-28-30-32-34-36-38-40-42-44-46-48-50-52-54-56-58-60-62-64-66-68-75(78)82-72-74(73-84-86(80,81)83-71-70-77(3,4)5)85-76(79)69-67-65-63-61-59-57-55-53-51-49-47-45-43-41-39-37-35-33-31-29-27-25-23-21-19-17-15-13-11-9-7-2/h9,11,15,17-18,20-21,23-24,26-27,29,33,35,39,41,45,47,51,53,57,59,74H,6-8,10,12-14,16,19,22,25,28,30-32,34,36-38,40,42-44,46,48-50,52,54-56,58,60-73H2,1-5H3/b11-9-,17-15-,20-18-,23-21-,26-24-,29-27-,35-33-,41-39-,47-45-,53-51-,59-57-. The zero-order valence-corrected chi connectivity index (χ0v) is 56.9. The Morgan fingerprint density at radius 2 is 0.663 bits per heavy atom. The van der Waals surface area contributed by atoms with Gasteiger partial charge in [0.15, 0.2) is 6.10 Å².